The van der Waals surface area contributed by atoms with Gasteiger partial charge in [0.1, 0.15) is 5.75 Å². The van der Waals surface area contributed by atoms with E-state index in [1.807, 2.05) is 6.07 Å². The van der Waals surface area contributed by atoms with Crippen LogP contribution in [0.4, 0.5) is 0 Å². The SMILES string of the molecule is CC(=O)OC(C(=O)Oc1ccccc1)c1ccncc1. The molecule has 0 radical (unpaired) electrons. The Morgan fingerprint density at radius 3 is 2.30 bits per heavy atom. The molecule has 0 spiro atoms. The van der Waals surface area contributed by atoms with E-state index in [1.165, 1.54) is 19.3 Å². The molecule has 0 N–H and O–H groups in total. The van der Waals surface area contributed by atoms with Gasteiger partial charge in [-0.05, 0) is 24.3 Å². The summed E-state index contributed by atoms with van der Waals surface area (Å²) in [5.41, 5.74) is 0.510. The van der Waals surface area contributed by atoms with E-state index in [4.69, 9.17) is 9.47 Å². The number of aromatic nitrogens is 1. The molecule has 1 aromatic heterocycles. The fourth-order valence-electron chi connectivity index (χ4n) is 1.61. The molecule has 102 valence electrons. The highest BCUT2D eigenvalue weighted by atomic mass is 16.6. The lowest BCUT2D eigenvalue weighted by Gasteiger charge is -2.15. The van der Waals surface area contributed by atoms with E-state index in [-0.39, 0.29) is 0 Å². The average Bonchev–Trinajstić information content (AvgIpc) is 2.46. The van der Waals surface area contributed by atoms with Gasteiger partial charge in [-0.2, -0.15) is 0 Å². The highest BCUT2D eigenvalue weighted by Crippen LogP contribution is 2.20. The van der Waals surface area contributed by atoms with Crippen molar-refractivity contribution in [2.45, 2.75) is 13.0 Å². The fourth-order valence-corrected chi connectivity index (χ4v) is 1.61. The van der Waals surface area contributed by atoms with Crippen LogP contribution < -0.4 is 4.74 Å². The molecule has 0 aliphatic carbocycles. The van der Waals surface area contributed by atoms with Gasteiger partial charge in [0.25, 0.3) is 0 Å². The minimum atomic E-state index is -1.10. The molecule has 0 aliphatic rings. The van der Waals surface area contributed by atoms with Gasteiger partial charge in [-0.3, -0.25) is 9.78 Å². The minimum absolute atomic E-state index is 0.392. The Morgan fingerprint density at radius 2 is 1.70 bits per heavy atom. The van der Waals surface area contributed by atoms with Crippen molar-refractivity contribution in [2.75, 3.05) is 0 Å². The summed E-state index contributed by atoms with van der Waals surface area (Å²) in [4.78, 5) is 27.1. The predicted octanol–water partition coefficient (Wildman–Crippen LogP) is 2.29. The zero-order chi connectivity index (χ0) is 14.4. The lowest BCUT2D eigenvalue weighted by Crippen LogP contribution is -2.23. The Kier molecular flexibility index (Phi) is 4.44. The summed E-state index contributed by atoms with van der Waals surface area (Å²) in [6, 6.07) is 11.8. The molecule has 2 rings (SSSR count). The Bertz CT molecular complexity index is 583. The molecular formula is C15H13NO4. The molecule has 0 amide bonds. The molecule has 0 saturated carbocycles. The van der Waals surface area contributed by atoms with Gasteiger partial charge in [0.05, 0.1) is 0 Å². The average molecular weight is 271 g/mol. The smallest absolute Gasteiger partial charge is 0.357 e. The quantitative estimate of drug-likeness (QED) is 0.630. The summed E-state index contributed by atoms with van der Waals surface area (Å²) < 4.78 is 10.2. The maximum Gasteiger partial charge on any atom is 0.357 e. The van der Waals surface area contributed by atoms with Crippen molar-refractivity contribution in [3.8, 4) is 5.75 Å². The van der Waals surface area contributed by atoms with Crippen LogP contribution in [-0.2, 0) is 14.3 Å². The van der Waals surface area contributed by atoms with E-state index in [9.17, 15) is 9.59 Å². The van der Waals surface area contributed by atoms with Gasteiger partial charge in [-0.15, -0.1) is 0 Å². The van der Waals surface area contributed by atoms with Gasteiger partial charge in [-0.25, -0.2) is 4.79 Å². The third-order valence-corrected chi connectivity index (χ3v) is 2.47. The summed E-state index contributed by atoms with van der Waals surface area (Å²) in [5.74, 6) is -0.821. The maximum atomic E-state index is 12.1. The molecule has 1 atom stereocenters. The Hall–Kier alpha value is -2.69. The largest absolute Gasteiger partial charge is 0.446 e. The molecule has 0 bridgehead atoms. The number of hydrogen-bond donors (Lipinski definition) is 0. The molecule has 0 aliphatic heterocycles. The summed E-state index contributed by atoms with van der Waals surface area (Å²) in [7, 11) is 0. The third kappa shape index (κ3) is 3.65. The van der Waals surface area contributed by atoms with E-state index in [0.29, 0.717) is 11.3 Å². The van der Waals surface area contributed by atoms with Crippen LogP contribution in [0.3, 0.4) is 0 Å². The first-order chi connectivity index (χ1) is 9.66. The highest BCUT2D eigenvalue weighted by Gasteiger charge is 2.25. The van der Waals surface area contributed by atoms with Crippen LogP contribution in [0.5, 0.6) is 5.75 Å². The van der Waals surface area contributed by atoms with Gasteiger partial charge in [0, 0.05) is 24.9 Å². The Balaban J connectivity index is 2.18. The number of carbonyl (C=O) groups excluding carboxylic acids is 2. The zero-order valence-electron chi connectivity index (χ0n) is 10.9. The van der Waals surface area contributed by atoms with Crippen LogP contribution in [0.1, 0.15) is 18.6 Å². The summed E-state index contributed by atoms with van der Waals surface area (Å²) >= 11 is 0. The minimum Gasteiger partial charge on any atom is -0.446 e. The number of ether oxygens (including phenoxy) is 2. The number of pyridine rings is 1. The van der Waals surface area contributed by atoms with Crippen LogP contribution in [-0.4, -0.2) is 16.9 Å². The molecule has 20 heavy (non-hydrogen) atoms. The van der Waals surface area contributed by atoms with E-state index >= 15 is 0 Å². The standard InChI is InChI=1S/C15H13NO4/c1-11(17)19-14(12-7-9-16-10-8-12)15(18)20-13-5-3-2-4-6-13/h2-10,14H,1H3. The van der Waals surface area contributed by atoms with Crippen LogP contribution in [0.15, 0.2) is 54.9 Å². The number of nitrogens with zero attached hydrogens (tertiary/aromatic N) is 1. The molecule has 5 nitrogen and oxygen atoms in total. The lowest BCUT2D eigenvalue weighted by atomic mass is 10.1. The first-order valence-electron chi connectivity index (χ1n) is 6.00. The fraction of sp³-hybridized carbons (Fsp3) is 0.133. The molecular weight excluding hydrogens is 258 g/mol. The molecule has 2 aromatic rings. The van der Waals surface area contributed by atoms with Gasteiger partial charge in [0.2, 0.25) is 6.10 Å². The number of benzene rings is 1. The summed E-state index contributed by atoms with van der Waals surface area (Å²) in [6.45, 7) is 1.24. The molecule has 1 heterocycles. The first-order valence-corrected chi connectivity index (χ1v) is 6.00. The number of rotatable bonds is 4. The van der Waals surface area contributed by atoms with Crippen molar-refractivity contribution >= 4 is 11.9 Å². The second-order valence-electron chi connectivity index (χ2n) is 4.00. The normalized spacial score (nSPS) is 11.4. The topological polar surface area (TPSA) is 65.5 Å². The van der Waals surface area contributed by atoms with Crippen LogP contribution in [0.2, 0.25) is 0 Å². The van der Waals surface area contributed by atoms with Crippen molar-refractivity contribution in [1.29, 1.82) is 0 Å². The van der Waals surface area contributed by atoms with Crippen molar-refractivity contribution < 1.29 is 19.1 Å². The zero-order valence-corrected chi connectivity index (χ0v) is 10.9. The lowest BCUT2D eigenvalue weighted by molar-refractivity contribution is -0.161. The molecule has 1 aromatic carbocycles. The van der Waals surface area contributed by atoms with Gasteiger partial charge in [0.15, 0.2) is 0 Å². The Labute approximate surface area is 116 Å². The number of carbonyl (C=O) groups is 2. The Morgan fingerprint density at radius 1 is 1.05 bits per heavy atom. The van der Waals surface area contributed by atoms with Crippen molar-refractivity contribution in [3.05, 3.63) is 60.4 Å². The molecule has 1 unspecified atom stereocenters. The van der Waals surface area contributed by atoms with E-state index in [2.05, 4.69) is 4.98 Å². The summed E-state index contributed by atoms with van der Waals surface area (Å²) in [6.07, 6.45) is 1.93. The summed E-state index contributed by atoms with van der Waals surface area (Å²) in [5, 5.41) is 0. The van der Waals surface area contributed by atoms with E-state index in [1.54, 1.807) is 36.4 Å². The maximum absolute atomic E-state index is 12.1. The second-order valence-corrected chi connectivity index (χ2v) is 4.00. The van der Waals surface area contributed by atoms with E-state index < -0.39 is 18.0 Å². The van der Waals surface area contributed by atoms with Gasteiger partial charge < -0.3 is 9.47 Å². The van der Waals surface area contributed by atoms with Gasteiger partial charge >= 0.3 is 11.9 Å². The van der Waals surface area contributed by atoms with Crippen LogP contribution in [0, 0.1) is 0 Å². The molecule has 0 saturated heterocycles. The predicted molar refractivity (Wildman–Crippen MR) is 70.8 cm³/mol. The third-order valence-electron chi connectivity index (χ3n) is 2.47. The van der Waals surface area contributed by atoms with Crippen molar-refractivity contribution in [3.63, 3.8) is 0 Å². The first kappa shape index (κ1) is 13.7. The molecule has 0 fully saturated rings. The van der Waals surface area contributed by atoms with E-state index in [0.717, 1.165) is 0 Å². The van der Waals surface area contributed by atoms with Crippen molar-refractivity contribution in [1.82, 2.24) is 4.98 Å². The second kappa shape index (κ2) is 6.47. The number of hydrogen-bond acceptors (Lipinski definition) is 5. The van der Waals surface area contributed by atoms with Crippen LogP contribution >= 0.6 is 0 Å². The van der Waals surface area contributed by atoms with Gasteiger partial charge in [-0.1, -0.05) is 18.2 Å². The monoisotopic (exact) mass is 271 g/mol. The molecule has 5 heteroatoms. The number of esters is 2. The van der Waals surface area contributed by atoms with Crippen LogP contribution in [0.25, 0.3) is 0 Å². The number of para-hydroxylation sites is 1. The van der Waals surface area contributed by atoms with Crippen molar-refractivity contribution in [2.24, 2.45) is 0 Å². The highest BCUT2D eigenvalue weighted by molar-refractivity contribution is 5.81.